The van der Waals surface area contributed by atoms with Gasteiger partial charge in [-0.2, -0.15) is 11.8 Å². The molecular formula is C8H16S. The average molecular weight is 144 g/mol. The molecule has 0 aromatic rings. The second-order valence-electron chi connectivity index (χ2n) is 2.76. The van der Waals surface area contributed by atoms with E-state index in [9.17, 15) is 0 Å². The highest BCUT2D eigenvalue weighted by molar-refractivity contribution is 8.07. The van der Waals surface area contributed by atoms with Crippen molar-refractivity contribution in [3.8, 4) is 0 Å². The predicted molar refractivity (Wildman–Crippen MR) is 45.0 cm³/mol. The first-order valence-corrected chi connectivity index (χ1v) is 4.98. The molecule has 54 valence electrons. The standard InChI is InChI=1S/C8H16S/c1-3-5-6-8-7(4-2)9-8/h7-8H,3-6H2,1-2H3. The third kappa shape index (κ3) is 2.21. The van der Waals surface area contributed by atoms with Crippen LogP contribution < -0.4 is 0 Å². The molecular weight excluding hydrogens is 128 g/mol. The minimum Gasteiger partial charge on any atom is -0.153 e. The largest absolute Gasteiger partial charge is 0.153 e. The van der Waals surface area contributed by atoms with Crippen molar-refractivity contribution in [2.24, 2.45) is 0 Å². The number of thioether (sulfide) groups is 1. The van der Waals surface area contributed by atoms with Gasteiger partial charge >= 0.3 is 0 Å². The summed E-state index contributed by atoms with van der Waals surface area (Å²) >= 11 is 2.18. The van der Waals surface area contributed by atoms with Crippen molar-refractivity contribution < 1.29 is 0 Å². The first-order chi connectivity index (χ1) is 4.38. The predicted octanol–water partition coefficient (Wildman–Crippen LogP) is 3.07. The summed E-state index contributed by atoms with van der Waals surface area (Å²) in [5.74, 6) is 0. The third-order valence-electron chi connectivity index (χ3n) is 1.93. The van der Waals surface area contributed by atoms with Crippen LogP contribution in [-0.2, 0) is 0 Å². The van der Waals surface area contributed by atoms with Crippen molar-refractivity contribution in [3.63, 3.8) is 0 Å². The van der Waals surface area contributed by atoms with Gasteiger partial charge in [-0.1, -0.05) is 26.7 Å². The molecule has 0 aliphatic carbocycles. The molecule has 1 saturated heterocycles. The summed E-state index contributed by atoms with van der Waals surface area (Å²) in [6.07, 6.45) is 5.67. The van der Waals surface area contributed by atoms with Gasteiger partial charge in [0.25, 0.3) is 0 Å². The van der Waals surface area contributed by atoms with E-state index in [4.69, 9.17) is 0 Å². The Kier molecular flexibility index (Phi) is 2.90. The maximum absolute atomic E-state index is 2.30. The molecule has 2 atom stereocenters. The fourth-order valence-corrected chi connectivity index (χ4v) is 2.38. The Morgan fingerprint density at radius 1 is 1.22 bits per heavy atom. The first-order valence-electron chi connectivity index (χ1n) is 4.04. The van der Waals surface area contributed by atoms with Gasteiger partial charge in [-0.25, -0.2) is 0 Å². The van der Waals surface area contributed by atoms with Crippen molar-refractivity contribution in [2.75, 3.05) is 0 Å². The van der Waals surface area contributed by atoms with Gasteiger partial charge < -0.3 is 0 Å². The van der Waals surface area contributed by atoms with Gasteiger partial charge in [0, 0.05) is 10.5 Å². The molecule has 0 bridgehead atoms. The van der Waals surface area contributed by atoms with E-state index in [-0.39, 0.29) is 0 Å². The summed E-state index contributed by atoms with van der Waals surface area (Å²) in [6.45, 7) is 4.57. The van der Waals surface area contributed by atoms with E-state index in [1.54, 1.807) is 0 Å². The molecule has 0 amide bonds. The Labute approximate surface area is 62.4 Å². The minimum absolute atomic E-state index is 1.04. The summed E-state index contributed by atoms with van der Waals surface area (Å²) < 4.78 is 0. The molecule has 9 heavy (non-hydrogen) atoms. The molecule has 0 aromatic carbocycles. The fourth-order valence-electron chi connectivity index (χ4n) is 1.20. The zero-order chi connectivity index (χ0) is 6.69. The SMILES string of the molecule is CCCCC1SC1CC. The molecule has 1 rings (SSSR count). The molecule has 1 aliphatic rings. The van der Waals surface area contributed by atoms with Crippen LogP contribution in [-0.4, -0.2) is 10.5 Å². The van der Waals surface area contributed by atoms with Crippen molar-refractivity contribution in [1.29, 1.82) is 0 Å². The molecule has 1 aliphatic heterocycles. The summed E-state index contributed by atoms with van der Waals surface area (Å²) in [6, 6.07) is 0. The molecule has 0 saturated carbocycles. The van der Waals surface area contributed by atoms with Crippen LogP contribution in [0.15, 0.2) is 0 Å². The van der Waals surface area contributed by atoms with Crippen LogP contribution in [0.1, 0.15) is 39.5 Å². The van der Waals surface area contributed by atoms with Crippen LogP contribution >= 0.6 is 11.8 Å². The van der Waals surface area contributed by atoms with Crippen molar-refractivity contribution >= 4 is 11.8 Å². The fraction of sp³-hybridized carbons (Fsp3) is 1.00. The van der Waals surface area contributed by atoms with Crippen LogP contribution in [0, 0.1) is 0 Å². The molecule has 0 aromatic heterocycles. The second-order valence-corrected chi connectivity index (χ2v) is 4.25. The van der Waals surface area contributed by atoms with Crippen LogP contribution in [0.25, 0.3) is 0 Å². The highest BCUT2D eigenvalue weighted by Crippen LogP contribution is 2.46. The van der Waals surface area contributed by atoms with Crippen molar-refractivity contribution in [2.45, 2.75) is 50.0 Å². The lowest BCUT2D eigenvalue weighted by Crippen LogP contribution is -1.90. The molecule has 0 radical (unpaired) electrons. The molecule has 0 nitrogen and oxygen atoms in total. The van der Waals surface area contributed by atoms with Gasteiger partial charge in [0.2, 0.25) is 0 Å². The number of hydrogen-bond donors (Lipinski definition) is 0. The summed E-state index contributed by atoms with van der Waals surface area (Å²) in [5, 5.41) is 2.09. The minimum atomic E-state index is 1.04. The molecule has 2 unspecified atom stereocenters. The zero-order valence-corrected chi connectivity index (χ0v) is 7.21. The lowest BCUT2D eigenvalue weighted by molar-refractivity contribution is 0.696. The molecule has 1 heterocycles. The average Bonchev–Trinajstić information content (AvgIpc) is 2.62. The summed E-state index contributed by atoms with van der Waals surface area (Å²) in [7, 11) is 0. The quantitative estimate of drug-likeness (QED) is 0.546. The second kappa shape index (κ2) is 3.50. The van der Waals surface area contributed by atoms with Crippen LogP contribution in [0.4, 0.5) is 0 Å². The van der Waals surface area contributed by atoms with E-state index in [0.717, 1.165) is 10.5 Å². The van der Waals surface area contributed by atoms with E-state index in [2.05, 4.69) is 25.6 Å². The third-order valence-corrected chi connectivity index (χ3v) is 3.54. The van der Waals surface area contributed by atoms with Crippen LogP contribution in [0.2, 0.25) is 0 Å². The number of hydrogen-bond acceptors (Lipinski definition) is 1. The molecule has 1 fully saturated rings. The normalized spacial score (nSPS) is 32.7. The lowest BCUT2D eigenvalue weighted by atomic mass is 10.1. The van der Waals surface area contributed by atoms with Gasteiger partial charge in [0.1, 0.15) is 0 Å². The van der Waals surface area contributed by atoms with Gasteiger partial charge in [-0.05, 0) is 12.8 Å². The molecule has 0 N–H and O–H groups in total. The van der Waals surface area contributed by atoms with Crippen molar-refractivity contribution in [3.05, 3.63) is 0 Å². The summed E-state index contributed by atoms with van der Waals surface area (Å²) in [4.78, 5) is 0. The van der Waals surface area contributed by atoms with E-state index in [1.165, 1.54) is 25.7 Å². The van der Waals surface area contributed by atoms with E-state index in [0.29, 0.717) is 0 Å². The Morgan fingerprint density at radius 2 is 2.00 bits per heavy atom. The summed E-state index contributed by atoms with van der Waals surface area (Å²) in [5.41, 5.74) is 0. The smallest absolute Gasteiger partial charge is 0.0169 e. The van der Waals surface area contributed by atoms with Crippen LogP contribution in [0.5, 0.6) is 0 Å². The Morgan fingerprint density at radius 3 is 2.44 bits per heavy atom. The van der Waals surface area contributed by atoms with Gasteiger partial charge in [-0.3, -0.25) is 0 Å². The van der Waals surface area contributed by atoms with E-state index >= 15 is 0 Å². The highest BCUT2D eigenvalue weighted by atomic mass is 32.2. The number of unbranched alkanes of at least 4 members (excludes halogenated alkanes) is 1. The Bertz CT molecular complexity index is 80.6. The van der Waals surface area contributed by atoms with Gasteiger partial charge in [0.05, 0.1) is 0 Å². The Hall–Kier alpha value is 0.350. The van der Waals surface area contributed by atoms with Gasteiger partial charge in [0.15, 0.2) is 0 Å². The topological polar surface area (TPSA) is 0 Å². The first kappa shape index (κ1) is 7.46. The molecule has 0 spiro atoms. The number of rotatable bonds is 4. The van der Waals surface area contributed by atoms with Crippen LogP contribution in [0.3, 0.4) is 0 Å². The monoisotopic (exact) mass is 144 g/mol. The molecule has 1 heteroatoms. The maximum Gasteiger partial charge on any atom is 0.0169 e. The Balaban J connectivity index is 1.92. The zero-order valence-electron chi connectivity index (χ0n) is 6.39. The maximum atomic E-state index is 2.30. The van der Waals surface area contributed by atoms with Crippen molar-refractivity contribution in [1.82, 2.24) is 0 Å². The highest BCUT2D eigenvalue weighted by Gasteiger charge is 2.34. The lowest BCUT2D eigenvalue weighted by Gasteiger charge is -1.91. The van der Waals surface area contributed by atoms with Gasteiger partial charge in [-0.15, -0.1) is 0 Å². The van der Waals surface area contributed by atoms with E-state index < -0.39 is 0 Å². The van der Waals surface area contributed by atoms with E-state index in [1.807, 2.05) is 0 Å².